The van der Waals surface area contributed by atoms with Crippen molar-refractivity contribution in [3.8, 4) is 69.6 Å². The van der Waals surface area contributed by atoms with Crippen LogP contribution in [0.5, 0.6) is 0 Å². The number of hydrogen-bond donors (Lipinski definition) is 0. The minimum atomic E-state index is 1.01. The van der Waals surface area contributed by atoms with Crippen LogP contribution in [0.1, 0.15) is 242 Å². The average molecular weight is 1240 g/mol. The third-order valence-corrected chi connectivity index (χ3v) is 21.3. The number of fused-ring (bicyclic) bond motifs is 5. The van der Waals surface area contributed by atoms with Crippen LogP contribution in [0, 0.1) is 103 Å². The normalized spacial score (nSPS) is 11.1. The maximum atomic E-state index is 3.96. The highest BCUT2D eigenvalue weighted by Gasteiger charge is 2.25. The first kappa shape index (κ1) is 67.1. The largest absolute Gasteiger partial charge is 0.132 e. The van der Waals surface area contributed by atoms with Crippen molar-refractivity contribution in [2.45, 2.75) is 212 Å². The molecule has 0 spiro atoms. The summed E-state index contributed by atoms with van der Waals surface area (Å²) in [6.07, 6.45) is 24.4. The van der Waals surface area contributed by atoms with Gasteiger partial charge < -0.3 is 0 Å². The zero-order valence-electron chi connectivity index (χ0n) is 57.5. The van der Waals surface area contributed by atoms with Crippen molar-refractivity contribution in [1.29, 1.82) is 0 Å². The summed E-state index contributed by atoms with van der Waals surface area (Å²) < 4.78 is 4.73. The monoisotopic (exact) mass is 1240 g/mol. The van der Waals surface area contributed by atoms with Crippen LogP contribution in [-0.4, -0.2) is 0 Å². The van der Waals surface area contributed by atoms with Gasteiger partial charge in [0, 0.05) is 55.3 Å². The summed E-state index contributed by atoms with van der Waals surface area (Å²) >= 11 is 3.73. The Labute approximate surface area is 562 Å². The molecule has 92 heavy (non-hydrogen) atoms. The van der Waals surface area contributed by atoms with Crippen molar-refractivity contribution in [1.82, 2.24) is 0 Å². The third kappa shape index (κ3) is 16.0. The molecule has 0 radical (unpaired) electrons. The number of rotatable bonds is 22. The number of hydrogen-bond acceptors (Lipinski definition) is 2. The minimum absolute atomic E-state index is 1.01. The summed E-state index contributed by atoms with van der Waals surface area (Å²) in [5.41, 5.74) is 28.5. The fourth-order valence-corrected chi connectivity index (χ4v) is 16.8. The van der Waals surface area contributed by atoms with Crippen molar-refractivity contribution >= 4 is 52.2 Å². The van der Waals surface area contributed by atoms with Crippen LogP contribution in [0.3, 0.4) is 0 Å². The predicted octanol–water partition coefficient (Wildman–Crippen LogP) is 25.2. The van der Waals surface area contributed by atoms with Crippen molar-refractivity contribution in [3.63, 3.8) is 0 Å². The summed E-state index contributed by atoms with van der Waals surface area (Å²) in [5.74, 6) is 31.2. The maximum Gasteiger partial charge on any atom is 0.0556 e. The van der Waals surface area contributed by atoms with Gasteiger partial charge in [0.2, 0.25) is 0 Å². The molecule has 2 heterocycles. The lowest BCUT2D eigenvalue weighted by Gasteiger charge is -2.12. The van der Waals surface area contributed by atoms with E-state index in [1.54, 1.807) is 0 Å². The summed E-state index contributed by atoms with van der Waals surface area (Å²) in [6.45, 7) is 27.2. The van der Waals surface area contributed by atoms with Crippen LogP contribution >= 0.6 is 22.7 Å². The Morgan fingerprint density at radius 1 is 0.261 bits per heavy atom. The van der Waals surface area contributed by atoms with Crippen LogP contribution in [0.4, 0.5) is 0 Å². The van der Waals surface area contributed by atoms with E-state index in [0.717, 1.165) is 113 Å². The Kier molecular flexibility index (Phi) is 23.4. The van der Waals surface area contributed by atoms with Crippen LogP contribution in [0.25, 0.3) is 51.8 Å². The van der Waals surface area contributed by atoms with E-state index < -0.39 is 0 Å². The fourth-order valence-electron chi connectivity index (χ4n) is 13.8. The van der Waals surface area contributed by atoms with Gasteiger partial charge in [-0.1, -0.05) is 261 Å². The Morgan fingerprint density at radius 3 is 0.772 bits per heavy atom. The average Bonchev–Trinajstić information content (AvgIpc) is 1.55. The molecule has 0 saturated carbocycles. The van der Waals surface area contributed by atoms with E-state index in [1.807, 2.05) is 22.7 Å². The molecule has 8 aromatic carbocycles. The number of benzene rings is 8. The molecule has 10 rings (SSSR count). The minimum Gasteiger partial charge on any atom is -0.132 e. The maximum absolute atomic E-state index is 3.96. The Hall–Kier alpha value is -7.82. The lowest BCUT2D eigenvalue weighted by molar-refractivity contribution is 0.666. The first-order valence-corrected chi connectivity index (χ1v) is 36.5. The Bertz CT molecular complexity index is 4160. The van der Waals surface area contributed by atoms with E-state index in [0.29, 0.717) is 0 Å². The molecule has 0 fully saturated rings. The Morgan fingerprint density at radius 2 is 0.511 bits per heavy atom. The lowest BCUT2D eigenvalue weighted by Crippen LogP contribution is -1.95. The molecular weight excluding hydrogens is 1150 g/mol. The van der Waals surface area contributed by atoms with Crippen LogP contribution in [-0.2, 0) is 25.7 Å². The number of thiophene rings is 2. The van der Waals surface area contributed by atoms with Crippen molar-refractivity contribution in [2.24, 2.45) is 0 Å². The fraction of sp³-hybridized carbons (Fsp3) is 0.356. The van der Waals surface area contributed by atoms with E-state index in [2.05, 4.69) is 252 Å². The Balaban J connectivity index is 1.28. The second-order valence-corrected chi connectivity index (χ2v) is 28.4. The van der Waals surface area contributed by atoms with Gasteiger partial charge in [-0.2, -0.15) is 0 Å². The molecule has 0 atom stereocenters. The van der Waals surface area contributed by atoms with Gasteiger partial charge in [0.1, 0.15) is 0 Å². The van der Waals surface area contributed by atoms with Gasteiger partial charge in [-0.25, -0.2) is 0 Å². The third-order valence-electron chi connectivity index (χ3n) is 18.7. The zero-order chi connectivity index (χ0) is 64.7. The molecule has 0 bridgehead atoms. The van der Waals surface area contributed by atoms with Crippen LogP contribution < -0.4 is 0 Å². The highest BCUT2D eigenvalue weighted by molar-refractivity contribution is 7.37. The highest BCUT2D eigenvalue weighted by atomic mass is 32.1. The van der Waals surface area contributed by atoms with E-state index in [1.165, 1.54) is 179 Å². The zero-order valence-corrected chi connectivity index (χ0v) is 59.1. The van der Waals surface area contributed by atoms with Gasteiger partial charge in [0.25, 0.3) is 0 Å². The van der Waals surface area contributed by atoms with Gasteiger partial charge in [0.15, 0.2) is 0 Å². The molecule has 0 aliphatic rings. The van der Waals surface area contributed by atoms with E-state index in [-0.39, 0.29) is 0 Å². The topological polar surface area (TPSA) is 0 Å². The summed E-state index contributed by atoms with van der Waals surface area (Å²) in [4.78, 5) is 0. The smallest absolute Gasteiger partial charge is 0.0556 e. The van der Waals surface area contributed by atoms with E-state index >= 15 is 0 Å². The molecule has 0 amide bonds. The second-order valence-electron chi connectivity index (χ2n) is 26.4. The van der Waals surface area contributed by atoms with Gasteiger partial charge in [0.05, 0.1) is 29.9 Å². The molecule has 0 aliphatic carbocycles. The van der Waals surface area contributed by atoms with Gasteiger partial charge in [-0.15, -0.1) is 22.7 Å². The molecule has 0 nitrogen and oxygen atoms in total. The summed E-state index contributed by atoms with van der Waals surface area (Å²) in [7, 11) is 0. The van der Waals surface area contributed by atoms with E-state index in [9.17, 15) is 0 Å². The molecule has 2 heteroatoms. The van der Waals surface area contributed by atoms with Gasteiger partial charge in [-0.05, 0) is 197 Å². The molecule has 2 aromatic heterocycles. The lowest BCUT2D eigenvalue weighted by atomic mass is 9.92. The van der Waals surface area contributed by atoms with Crippen LogP contribution in [0.2, 0.25) is 0 Å². The highest BCUT2D eigenvalue weighted by Crippen LogP contribution is 2.51. The number of aryl methyl sites for hydroxylation is 12. The molecule has 0 unspecified atom stereocenters. The molecular formula is C90H96S2. The van der Waals surface area contributed by atoms with Crippen LogP contribution in [0.15, 0.2) is 121 Å². The van der Waals surface area contributed by atoms with Crippen molar-refractivity contribution < 1.29 is 0 Å². The quantitative estimate of drug-likeness (QED) is 0.0469. The van der Waals surface area contributed by atoms with Gasteiger partial charge >= 0.3 is 0 Å². The number of unbranched alkanes of at least 4 members (excludes halogenated alkanes) is 12. The SMILES string of the molecule is CCCCCCc1cc(C)c(C#Cc2c(-c3ccccc3)cc(C#Cc3c(C)cc(CCCCCC)cc3C)c3c2sc2c3sc3c(C#Cc4c(C)cc(CCCCCC)cc4C)c(-c4ccccc4)cc(C#Cc4c(C)cc(CCCCCC)cc4C)c32)c(C)c1. The second kappa shape index (κ2) is 32.2. The molecule has 0 N–H and O–H groups in total. The molecule has 10 aromatic rings. The molecule has 0 aliphatic heterocycles. The summed E-state index contributed by atoms with van der Waals surface area (Å²) in [6, 6.07) is 45.6. The molecule has 0 saturated heterocycles. The standard InChI is InChI=1S/C90H96S2/c1-13-17-21-27-35-69-51-61(5)77(62(6)52-69)45-43-75-59-83(73-39-31-25-32-40-73)81(49-47-79-65(9)55-71(56-66(79)10)37-29-23-19-15-3)87-85(75)89-90(91-87)86-76(44-46-78-63(7)53-70(54-64(78)8)36-28-22-18-14-2)60-84(74-41-33-26-34-42-74)82(88(86)92-89)50-48-80-67(11)57-72(58-68(80)12)38-30-24-20-16-4/h25-26,31-34,39-42,51-60H,13-24,27-30,35-38H2,1-12H3. The van der Waals surface area contributed by atoms with Crippen molar-refractivity contribution in [3.05, 3.63) is 233 Å². The predicted molar refractivity (Wildman–Crippen MR) is 405 cm³/mol. The van der Waals surface area contributed by atoms with E-state index in [4.69, 9.17) is 0 Å². The first-order chi connectivity index (χ1) is 44.8. The first-order valence-electron chi connectivity index (χ1n) is 34.9. The van der Waals surface area contributed by atoms with Crippen molar-refractivity contribution in [2.75, 3.05) is 0 Å². The summed E-state index contributed by atoms with van der Waals surface area (Å²) in [5, 5.41) is 2.31. The molecule has 468 valence electrons. The van der Waals surface area contributed by atoms with Gasteiger partial charge in [-0.3, -0.25) is 0 Å².